The van der Waals surface area contributed by atoms with Gasteiger partial charge in [0.25, 0.3) is 0 Å². The second-order valence-electron chi connectivity index (χ2n) is 3.38. The number of hydrogen-bond donors (Lipinski definition) is 2. The molecule has 0 bridgehead atoms. The Morgan fingerprint density at radius 2 is 2.57 bits per heavy atom. The van der Waals surface area contributed by atoms with E-state index in [-0.39, 0.29) is 5.91 Å². The van der Waals surface area contributed by atoms with Crippen molar-refractivity contribution in [1.29, 1.82) is 5.26 Å². The molecule has 1 rings (SSSR count). The van der Waals surface area contributed by atoms with Crippen molar-refractivity contribution in [2.75, 3.05) is 6.61 Å². The zero-order chi connectivity index (χ0) is 10.6. The van der Waals surface area contributed by atoms with Crippen LogP contribution in [0, 0.1) is 11.3 Å². The maximum atomic E-state index is 11.5. The molecule has 1 aliphatic carbocycles. The smallest absolute Gasteiger partial charge is 0.248 e. The number of amides is 1. The first kappa shape index (κ1) is 10.5. The Kier molecular flexibility index (Phi) is 3.05. The fourth-order valence-corrected chi connectivity index (χ4v) is 1.05. The molecule has 0 aliphatic heterocycles. The number of nitriles is 1. The van der Waals surface area contributed by atoms with Gasteiger partial charge in [-0.15, -0.1) is 0 Å². The summed E-state index contributed by atoms with van der Waals surface area (Å²) < 4.78 is 0. The molecule has 1 aliphatic rings. The number of nitrogens with one attached hydrogen (secondary N) is 1. The highest BCUT2D eigenvalue weighted by Crippen LogP contribution is 2.12. The molecule has 0 spiro atoms. The molecule has 74 valence electrons. The Bertz CT molecular complexity index is 339. The third-order valence-electron chi connectivity index (χ3n) is 2.02. The van der Waals surface area contributed by atoms with Crippen molar-refractivity contribution in [3.8, 4) is 6.07 Å². The van der Waals surface area contributed by atoms with E-state index in [1.807, 2.05) is 12.1 Å². The second-order valence-corrected chi connectivity index (χ2v) is 3.38. The largest absolute Gasteiger partial charge is 0.393 e. The van der Waals surface area contributed by atoms with E-state index in [9.17, 15) is 4.79 Å². The highest BCUT2D eigenvalue weighted by atomic mass is 16.3. The monoisotopic (exact) mass is 192 g/mol. The van der Waals surface area contributed by atoms with Gasteiger partial charge in [-0.25, -0.2) is 0 Å². The van der Waals surface area contributed by atoms with E-state index in [2.05, 4.69) is 5.32 Å². The van der Waals surface area contributed by atoms with Crippen molar-refractivity contribution in [1.82, 2.24) is 5.32 Å². The number of hydrogen-bond acceptors (Lipinski definition) is 3. The average Bonchev–Trinajstić information content (AvgIpc) is 2.70. The molecule has 1 atom stereocenters. The lowest BCUT2D eigenvalue weighted by Gasteiger charge is -2.20. The van der Waals surface area contributed by atoms with Gasteiger partial charge in [-0.3, -0.25) is 4.79 Å². The van der Waals surface area contributed by atoms with Gasteiger partial charge in [-0.05, 0) is 13.3 Å². The van der Waals surface area contributed by atoms with Gasteiger partial charge in [0, 0.05) is 5.57 Å². The number of carbonyl (C=O) groups is 1. The second kappa shape index (κ2) is 4.07. The Labute approximate surface area is 82.5 Å². The van der Waals surface area contributed by atoms with Crippen molar-refractivity contribution >= 4 is 5.91 Å². The Morgan fingerprint density at radius 3 is 3.00 bits per heavy atom. The molecule has 4 nitrogen and oxygen atoms in total. The van der Waals surface area contributed by atoms with Crippen molar-refractivity contribution in [3.63, 3.8) is 0 Å². The summed E-state index contributed by atoms with van der Waals surface area (Å²) in [6.07, 6.45) is 5.93. The predicted molar refractivity (Wildman–Crippen MR) is 51.1 cm³/mol. The fraction of sp³-hybridized carbons (Fsp3) is 0.400. The number of allylic oxidation sites excluding steroid dienone is 3. The summed E-state index contributed by atoms with van der Waals surface area (Å²) in [5, 5.41) is 20.1. The summed E-state index contributed by atoms with van der Waals surface area (Å²) in [5.41, 5.74) is -0.583. The van der Waals surface area contributed by atoms with Crippen LogP contribution >= 0.6 is 0 Å². The van der Waals surface area contributed by atoms with Crippen LogP contribution in [0.5, 0.6) is 0 Å². The van der Waals surface area contributed by atoms with Gasteiger partial charge >= 0.3 is 0 Å². The van der Waals surface area contributed by atoms with E-state index in [1.165, 1.54) is 6.92 Å². The van der Waals surface area contributed by atoms with Crippen molar-refractivity contribution in [3.05, 3.63) is 23.8 Å². The Morgan fingerprint density at radius 1 is 1.86 bits per heavy atom. The molecule has 0 aromatic carbocycles. The van der Waals surface area contributed by atoms with Gasteiger partial charge in [0.2, 0.25) is 5.91 Å². The van der Waals surface area contributed by atoms with E-state index >= 15 is 0 Å². The SMILES string of the molecule is CC(C#N)(CO)NC(=O)C1=CC=CC1. The molecule has 4 heteroatoms. The van der Waals surface area contributed by atoms with Crippen molar-refractivity contribution < 1.29 is 9.90 Å². The number of rotatable bonds is 3. The number of nitrogens with zero attached hydrogens (tertiary/aromatic N) is 1. The van der Waals surface area contributed by atoms with E-state index in [0.29, 0.717) is 12.0 Å². The van der Waals surface area contributed by atoms with Gasteiger partial charge in [0.05, 0.1) is 12.7 Å². The lowest BCUT2D eigenvalue weighted by Crippen LogP contribution is -2.48. The maximum Gasteiger partial charge on any atom is 0.248 e. The minimum absolute atomic E-state index is 0.298. The van der Waals surface area contributed by atoms with Crippen LogP contribution in [-0.4, -0.2) is 23.2 Å². The molecule has 0 saturated heterocycles. The molecule has 0 saturated carbocycles. The predicted octanol–water partition coefficient (Wildman–Crippen LogP) is 0.263. The molecule has 0 fully saturated rings. The molecule has 14 heavy (non-hydrogen) atoms. The highest BCUT2D eigenvalue weighted by Gasteiger charge is 2.26. The first-order valence-electron chi connectivity index (χ1n) is 4.31. The molecule has 1 unspecified atom stereocenters. The van der Waals surface area contributed by atoms with E-state index in [1.54, 1.807) is 12.2 Å². The Balaban J connectivity index is 2.61. The standard InChI is InChI=1S/C10H12N2O2/c1-10(6-11,7-13)12-9(14)8-4-2-3-5-8/h2-4,13H,5,7H2,1H3,(H,12,14). The average molecular weight is 192 g/mol. The summed E-state index contributed by atoms with van der Waals surface area (Å²) in [7, 11) is 0. The molecule has 2 N–H and O–H groups in total. The highest BCUT2D eigenvalue weighted by molar-refractivity contribution is 5.95. The first-order chi connectivity index (χ1) is 6.61. The summed E-state index contributed by atoms with van der Waals surface area (Å²) in [6, 6.07) is 1.85. The number of aliphatic hydroxyl groups is 1. The summed E-state index contributed by atoms with van der Waals surface area (Å²) in [4.78, 5) is 11.5. The lowest BCUT2D eigenvalue weighted by molar-refractivity contribution is -0.119. The van der Waals surface area contributed by atoms with Crippen LogP contribution in [-0.2, 0) is 4.79 Å². The number of carbonyl (C=O) groups excluding carboxylic acids is 1. The van der Waals surface area contributed by atoms with Crippen LogP contribution in [0.15, 0.2) is 23.8 Å². The third kappa shape index (κ3) is 2.21. The van der Waals surface area contributed by atoms with Crippen LogP contribution in [0.1, 0.15) is 13.3 Å². The normalized spacial score (nSPS) is 18.2. The Hall–Kier alpha value is -1.60. The molecule has 0 aromatic rings. The van der Waals surface area contributed by atoms with Crippen LogP contribution in [0.3, 0.4) is 0 Å². The third-order valence-corrected chi connectivity index (χ3v) is 2.02. The molecule has 0 aromatic heterocycles. The quantitative estimate of drug-likeness (QED) is 0.673. The lowest BCUT2D eigenvalue weighted by atomic mass is 10.1. The van der Waals surface area contributed by atoms with Gasteiger partial charge in [-0.2, -0.15) is 5.26 Å². The van der Waals surface area contributed by atoms with Crippen LogP contribution in [0.2, 0.25) is 0 Å². The van der Waals surface area contributed by atoms with Crippen molar-refractivity contribution in [2.24, 2.45) is 0 Å². The molecule has 0 heterocycles. The summed E-state index contributed by atoms with van der Waals surface area (Å²) in [6.45, 7) is 1.09. The molecular weight excluding hydrogens is 180 g/mol. The maximum absolute atomic E-state index is 11.5. The van der Waals surface area contributed by atoms with E-state index in [0.717, 1.165) is 0 Å². The zero-order valence-corrected chi connectivity index (χ0v) is 7.95. The van der Waals surface area contributed by atoms with Gasteiger partial charge < -0.3 is 10.4 Å². The van der Waals surface area contributed by atoms with Crippen LogP contribution in [0.4, 0.5) is 0 Å². The van der Waals surface area contributed by atoms with E-state index in [4.69, 9.17) is 10.4 Å². The summed E-state index contributed by atoms with van der Waals surface area (Å²) >= 11 is 0. The van der Waals surface area contributed by atoms with Crippen molar-refractivity contribution in [2.45, 2.75) is 18.9 Å². The molecule has 0 radical (unpaired) electrons. The topological polar surface area (TPSA) is 73.1 Å². The van der Waals surface area contributed by atoms with Gasteiger partial charge in [-0.1, -0.05) is 18.2 Å². The van der Waals surface area contributed by atoms with Crippen LogP contribution in [0.25, 0.3) is 0 Å². The first-order valence-corrected chi connectivity index (χ1v) is 4.31. The van der Waals surface area contributed by atoms with Crippen LogP contribution < -0.4 is 5.32 Å². The summed E-state index contributed by atoms with van der Waals surface area (Å²) in [5.74, 6) is -0.298. The minimum atomic E-state index is -1.19. The van der Waals surface area contributed by atoms with Gasteiger partial charge in [0.1, 0.15) is 5.54 Å². The van der Waals surface area contributed by atoms with Gasteiger partial charge in [0.15, 0.2) is 0 Å². The number of aliphatic hydroxyl groups excluding tert-OH is 1. The fourth-order valence-electron chi connectivity index (χ4n) is 1.05. The molecule has 1 amide bonds. The minimum Gasteiger partial charge on any atom is -0.393 e. The zero-order valence-electron chi connectivity index (χ0n) is 7.95. The molecular formula is C10H12N2O2. The van der Waals surface area contributed by atoms with E-state index < -0.39 is 12.1 Å².